The Balaban J connectivity index is 1.92. The molecule has 0 unspecified atom stereocenters. The van der Waals surface area contributed by atoms with Crippen molar-refractivity contribution in [1.29, 1.82) is 0 Å². The Bertz CT molecular complexity index is 635. The quantitative estimate of drug-likeness (QED) is 0.845. The summed E-state index contributed by atoms with van der Waals surface area (Å²) in [6.07, 6.45) is 4.06. The number of nitrogens with one attached hydrogen (secondary N) is 1. The number of aromatic nitrogens is 2. The van der Waals surface area contributed by atoms with E-state index >= 15 is 0 Å². The van der Waals surface area contributed by atoms with Crippen molar-refractivity contribution in [1.82, 2.24) is 10.2 Å². The Hall–Kier alpha value is -1.72. The van der Waals surface area contributed by atoms with Crippen molar-refractivity contribution in [2.75, 3.05) is 5.32 Å². The van der Waals surface area contributed by atoms with E-state index in [-0.39, 0.29) is 5.91 Å². The fourth-order valence-corrected chi connectivity index (χ4v) is 2.71. The summed E-state index contributed by atoms with van der Waals surface area (Å²) >= 11 is 7.21. The van der Waals surface area contributed by atoms with Gasteiger partial charge in [-0.15, -0.1) is 10.2 Å². The highest BCUT2D eigenvalue weighted by molar-refractivity contribution is 7.15. The Morgan fingerprint density at radius 2 is 2.05 bits per heavy atom. The third kappa shape index (κ3) is 5.28. The van der Waals surface area contributed by atoms with Crippen LogP contribution in [0.25, 0.3) is 6.08 Å². The van der Waals surface area contributed by atoms with Gasteiger partial charge in [0, 0.05) is 17.5 Å². The van der Waals surface area contributed by atoms with Crippen molar-refractivity contribution in [2.45, 2.75) is 20.3 Å². The molecule has 0 bridgehead atoms. The second-order valence-electron chi connectivity index (χ2n) is 4.97. The van der Waals surface area contributed by atoms with E-state index in [0.29, 0.717) is 16.1 Å². The molecule has 1 aromatic carbocycles. The average Bonchev–Trinajstić information content (AvgIpc) is 2.84. The molecule has 0 atom stereocenters. The zero-order chi connectivity index (χ0) is 15.2. The average molecular weight is 322 g/mol. The first-order valence-electron chi connectivity index (χ1n) is 6.60. The van der Waals surface area contributed by atoms with Gasteiger partial charge in [-0.2, -0.15) is 0 Å². The van der Waals surface area contributed by atoms with Crippen molar-refractivity contribution in [3.63, 3.8) is 0 Å². The molecule has 0 fully saturated rings. The van der Waals surface area contributed by atoms with Crippen LogP contribution in [0.4, 0.5) is 5.13 Å². The van der Waals surface area contributed by atoms with Gasteiger partial charge in [0.05, 0.1) is 0 Å². The van der Waals surface area contributed by atoms with Crippen molar-refractivity contribution >= 4 is 40.1 Å². The van der Waals surface area contributed by atoms with Gasteiger partial charge in [-0.25, -0.2) is 0 Å². The molecule has 0 saturated heterocycles. The summed E-state index contributed by atoms with van der Waals surface area (Å²) < 4.78 is 0. The van der Waals surface area contributed by atoms with Gasteiger partial charge in [0.2, 0.25) is 11.0 Å². The molecule has 0 aliphatic carbocycles. The van der Waals surface area contributed by atoms with E-state index in [2.05, 4.69) is 29.4 Å². The highest BCUT2D eigenvalue weighted by Crippen LogP contribution is 2.18. The summed E-state index contributed by atoms with van der Waals surface area (Å²) in [5, 5.41) is 12.9. The van der Waals surface area contributed by atoms with Crippen molar-refractivity contribution in [3.05, 3.63) is 45.9 Å². The van der Waals surface area contributed by atoms with Crippen LogP contribution in [-0.4, -0.2) is 16.1 Å². The molecule has 6 heteroatoms. The Labute approximate surface area is 132 Å². The molecule has 21 heavy (non-hydrogen) atoms. The number of rotatable bonds is 5. The third-order valence-corrected chi connectivity index (χ3v) is 3.69. The van der Waals surface area contributed by atoms with Crippen LogP contribution in [-0.2, 0) is 11.2 Å². The maximum atomic E-state index is 11.8. The Kier molecular flexibility index (Phi) is 5.47. The lowest BCUT2D eigenvalue weighted by Gasteiger charge is -1.97. The minimum atomic E-state index is -0.225. The number of halogens is 1. The van der Waals surface area contributed by atoms with Crippen LogP contribution in [0.3, 0.4) is 0 Å². The van der Waals surface area contributed by atoms with Crippen LogP contribution in [0.15, 0.2) is 30.3 Å². The van der Waals surface area contributed by atoms with Gasteiger partial charge in [-0.05, 0) is 29.7 Å². The summed E-state index contributed by atoms with van der Waals surface area (Å²) in [4.78, 5) is 11.8. The van der Waals surface area contributed by atoms with Gasteiger partial charge in [-0.1, -0.05) is 48.9 Å². The lowest BCUT2D eigenvalue weighted by atomic mass is 10.1. The first-order chi connectivity index (χ1) is 10.0. The van der Waals surface area contributed by atoms with E-state index in [4.69, 9.17) is 11.6 Å². The smallest absolute Gasteiger partial charge is 0.250 e. The zero-order valence-corrected chi connectivity index (χ0v) is 13.4. The fraction of sp³-hybridized carbons (Fsp3) is 0.267. The van der Waals surface area contributed by atoms with E-state index in [1.165, 1.54) is 17.4 Å². The first-order valence-corrected chi connectivity index (χ1v) is 7.79. The molecule has 1 N–H and O–H groups in total. The van der Waals surface area contributed by atoms with Crippen LogP contribution >= 0.6 is 22.9 Å². The molecule has 1 amide bonds. The highest BCUT2D eigenvalue weighted by atomic mass is 35.5. The maximum Gasteiger partial charge on any atom is 0.250 e. The molecule has 0 aliphatic heterocycles. The molecule has 2 rings (SSSR count). The molecule has 0 radical (unpaired) electrons. The number of benzene rings is 1. The number of hydrogen-bond acceptors (Lipinski definition) is 4. The maximum absolute atomic E-state index is 11.8. The predicted octanol–water partition coefficient (Wildman–Crippen LogP) is 4.04. The van der Waals surface area contributed by atoms with Crippen LogP contribution in [0.5, 0.6) is 0 Å². The van der Waals surface area contributed by atoms with E-state index < -0.39 is 0 Å². The van der Waals surface area contributed by atoms with Crippen LogP contribution in [0, 0.1) is 5.92 Å². The number of carbonyl (C=O) groups excluding carboxylic acids is 1. The van der Waals surface area contributed by atoms with Gasteiger partial charge in [0.15, 0.2) is 0 Å². The molecule has 1 aromatic heterocycles. The van der Waals surface area contributed by atoms with E-state index in [1.54, 1.807) is 18.2 Å². The number of hydrogen-bond donors (Lipinski definition) is 1. The van der Waals surface area contributed by atoms with E-state index in [9.17, 15) is 4.79 Å². The summed E-state index contributed by atoms with van der Waals surface area (Å²) in [6.45, 7) is 4.24. The second kappa shape index (κ2) is 7.33. The largest absolute Gasteiger partial charge is 0.297 e. The van der Waals surface area contributed by atoms with Crippen LogP contribution < -0.4 is 5.32 Å². The number of nitrogens with zero attached hydrogens (tertiary/aromatic N) is 2. The Morgan fingerprint density at radius 3 is 2.71 bits per heavy atom. The molecule has 0 spiro atoms. The molecular formula is C15H16ClN3OS. The molecule has 1 heterocycles. The molecule has 110 valence electrons. The first kappa shape index (κ1) is 15.7. The van der Waals surface area contributed by atoms with E-state index in [1.807, 2.05) is 12.1 Å². The summed E-state index contributed by atoms with van der Waals surface area (Å²) in [7, 11) is 0. The highest BCUT2D eigenvalue weighted by Gasteiger charge is 2.07. The topological polar surface area (TPSA) is 54.9 Å². The summed E-state index contributed by atoms with van der Waals surface area (Å²) in [5.74, 6) is 0.295. The van der Waals surface area contributed by atoms with Gasteiger partial charge in [0.1, 0.15) is 5.01 Å². The van der Waals surface area contributed by atoms with Crippen molar-refractivity contribution in [2.24, 2.45) is 5.92 Å². The van der Waals surface area contributed by atoms with Crippen LogP contribution in [0.2, 0.25) is 5.02 Å². The molecule has 0 aliphatic rings. The third-order valence-electron chi connectivity index (χ3n) is 2.58. The Morgan fingerprint density at radius 1 is 1.33 bits per heavy atom. The van der Waals surface area contributed by atoms with Crippen molar-refractivity contribution < 1.29 is 4.79 Å². The SMILES string of the molecule is CC(C)Cc1nnc(NC(=O)C=Cc2ccc(Cl)cc2)s1. The monoisotopic (exact) mass is 321 g/mol. The van der Waals surface area contributed by atoms with Gasteiger partial charge in [0.25, 0.3) is 0 Å². The number of anilines is 1. The van der Waals surface area contributed by atoms with Crippen LogP contribution in [0.1, 0.15) is 24.4 Å². The van der Waals surface area contributed by atoms with E-state index in [0.717, 1.165) is 17.0 Å². The lowest BCUT2D eigenvalue weighted by Crippen LogP contribution is -2.07. The summed E-state index contributed by atoms with van der Waals surface area (Å²) in [6, 6.07) is 7.25. The zero-order valence-electron chi connectivity index (χ0n) is 11.8. The summed E-state index contributed by atoms with van der Waals surface area (Å²) in [5.41, 5.74) is 0.910. The lowest BCUT2D eigenvalue weighted by molar-refractivity contribution is -0.111. The minimum absolute atomic E-state index is 0.225. The van der Waals surface area contributed by atoms with Gasteiger partial charge in [-0.3, -0.25) is 10.1 Å². The number of carbonyl (C=O) groups is 1. The molecule has 4 nitrogen and oxygen atoms in total. The molecule has 0 saturated carbocycles. The second-order valence-corrected chi connectivity index (χ2v) is 6.47. The van der Waals surface area contributed by atoms with Gasteiger partial charge < -0.3 is 0 Å². The normalized spacial score (nSPS) is 11.2. The predicted molar refractivity (Wildman–Crippen MR) is 87.6 cm³/mol. The van der Waals surface area contributed by atoms with Gasteiger partial charge >= 0.3 is 0 Å². The fourth-order valence-electron chi connectivity index (χ4n) is 1.63. The molecular weight excluding hydrogens is 306 g/mol. The molecule has 2 aromatic rings. The number of amides is 1. The van der Waals surface area contributed by atoms with Crippen molar-refractivity contribution in [3.8, 4) is 0 Å². The standard InChI is InChI=1S/C15H16ClN3OS/c1-10(2)9-14-18-19-15(21-14)17-13(20)8-5-11-3-6-12(16)7-4-11/h3-8,10H,9H2,1-2H3,(H,17,19,20). The minimum Gasteiger partial charge on any atom is -0.297 e.